The highest BCUT2D eigenvalue weighted by Gasteiger charge is 2.48. The van der Waals surface area contributed by atoms with Crippen molar-refractivity contribution in [1.82, 2.24) is 4.90 Å². The lowest BCUT2D eigenvalue weighted by Gasteiger charge is -2.37. The summed E-state index contributed by atoms with van der Waals surface area (Å²) in [6.45, 7) is 3.30. The Labute approximate surface area is 162 Å². The summed E-state index contributed by atoms with van der Waals surface area (Å²) in [5, 5.41) is 0. The number of aryl methyl sites for hydroxylation is 1. The minimum Gasteiger partial charge on any atom is -0.306 e. The molecule has 2 aromatic carbocycles. The number of hydrogen-bond acceptors (Lipinski definition) is 3. The first-order valence-corrected chi connectivity index (χ1v) is 10.5. The SMILES string of the molecule is Cc1ccc2c(c1)[C@H]1CN(C)CC[C@@H]1N2S(=O)(=O)c1ccccc1C(F)(F)F. The molecule has 0 aliphatic carbocycles. The number of likely N-dealkylation sites (tertiary alicyclic amines) is 1. The Hall–Kier alpha value is -2.06. The van der Waals surface area contributed by atoms with Gasteiger partial charge in [0.2, 0.25) is 0 Å². The van der Waals surface area contributed by atoms with Crippen LogP contribution in [0, 0.1) is 6.92 Å². The van der Waals surface area contributed by atoms with Crippen LogP contribution in [0.15, 0.2) is 47.4 Å². The number of anilines is 1. The molecule has 8 heteroatoms. The zero-order valence-corrected chi connectivity index (χ0v) is 16.4. The van der Waals surface area contributed by atoms with Crippen molar-refractivity contribution < 1.29 is 21.6 Å². The lowest BCUT2D eigenvalue weighted by atomic mass is 9.89. The van der Waals surface area contributed by atoms with E-state index < -0.39 is 26.7 Å². The zero-order valence-electron chi connectivity index (χ0n) is 15.6. The van der Waals surface area contributed by atoms with Gasteiger partial charge >= 0.3 is 6.18 Å². The number of hydrogen-bond donors (Lipinski definition) is 0. The van der Waals surface area contributed by atoms with E-state index >= 15 is 0 Å². The van der Waals surface area contributed by atoms with Gasteiger partial charge in [0, 0.05) is 12.5 Å². The Morgan fingerprint density at radius 1 is 1.11 bits per heavy atom. The molecule has 2 atom stereocenters. The summed E-state index contributed by atoms with van der Waals surface area (Å²) >= 11 is 0. The van der Waals surface area contributed by atoms with Crippen molar-refractivity contribution in [3.63, 3.8) is 0 Å². The fourth-order valence-corrected chi connectivity index (χ4v) is 6.34. The molecule has 2 aliphatic heterocycles. The van der Waals surface area contributed by atoms with Gasteiger partial charge < -0.3 is 4.90 Å². The number of likely N-dealkylation sites (N-methyl/N-ethyl adjacent to an activating group) is 1. The predicted molar refractivity (Wildman–Crippen MR) is 101 cm³/mol. The lowest BCUT2D eigenvalue weighted by molar-refractivity contribution is -0.139. The number of nitrogens with zero attached hydrogens (tertiary/aromatic N) is 2. The van der Waals surface area contributed by atoms with Crippen LogP contribution in [0.25, 0.3) is 0 Å². The van der Waals surface area contributed by atoms with Crippen LogP contribution in [0.5, 0.6) is 0 Å². The van der Waals surface area contributed by atoms with E-state index in [1.54, 1.807) is 12.1 Å². The molecule has 150 valence electrons. The van der Waals surface area contributed by atoms with Crippen LogP contribution in [0.2, 0.25) is 0 Å². The van der Waals surface area contributed by atoms with Gasteiger partial charge in [-0.05, 0) is 50.7 Å². The monoisotopic (exact) mass is 410 g/mol. The third kappa shape index (κ3) is 2.99. The van der Waals surface area contributed by atoms with E-state index in [2.05, 4.69) is 4.90 Å². The summed E-state index contributed by atoms with van der Waals surface area (Å²) in [5.41, 5.74) is 1.26. The molecule has 4 nitrogen and oxygen atoms in total. The molecule has 2 heterocycles. The molecule has 0 unspecified atom stereocenters. The topological polar surface area (TPSA) is 40.6 Å². The Balaban J connectivity index is 1.90. The molecule has 0 N–H and O–H groups in total. The van der Waals surface area contributed by atoms with E-state index in [0.29, 0.717) is 25.2 Å². The predicted octanol–water partition coefficient (Wildman–Crippen LogP) is 4.01. The van der Waals surface area contributed by atoms with Gasteiger partial charge in [-0.1, -0.05) is 29.8 Å². The van der Waals surface area contributed by atoms with Gasteiger partial charge in [-0.25, -0.2) is 8.42 Å². The van der Waals surface area contributed by atoms with Crippen LogP contribution in [0.3, 0.4) is 0 Å². The minimum absolute atomic E-state index is 0.0542. The fourth-order valence-electron chi connectivity index (χ4n) is 4.38. The standard InChI is InChI=1S/C20H21F3N2O2S/c1-13-7-8-17-14(11-13)15-12-24(2)10-9-18(15)25(17)28(26,27)19-6-4-3-5-16(19)20(21,22)23/h3-8,11,15,18H,9-10,12H2,1-2H3/t15-,18+/m1/s1. The first-order valence-electron chi connectivity index (χ1n) is 9.10. The van der Waals surface area contributed by atoms with Gasteiger partial charge in [0.15, 0.2) is 0 Å². The average molecular weight is 410 g/mol. The Morgan fingerprint density at radius 2 is 1.82 bits per heavy atom. The van der Waals surface area contributed by atoms with E-state index in [-0.39, 0.29) is 12.0 Å². The summed E-state index contributed by atoms with van der Waals surface area (Å²) < 4.78 is 68.8. The summed E-state index contributed by atoms with van der Waals surface area (Å²) in [6.07, 6.45) is -4.17. The summed E-state index contributed by atoms with van der Waals surface area (Å²) in [4.78, 5) is 1.45. The smallest absolute Gasteiger partial charge is 0.306 e. The van der Waals surface area contributed by atoms with Crippen molar-refractivity contribution in [3.05, 3.63) is 59.2 Å². The maximum atomic E-state index is 13.5. The van der Waals surface area contributed by atoms with Crippen LogP contribution >= 0.6 is 0 Å². The number of halogens is 3. The van der Waals surface area contributed by atoms with Crippen LogP contribution in [-0.4, -0.2) is 39.5 Å². The average Bonchev–Trinajstić information content (AvgIpc) is 2.94. The van der Waals surface area contributed by atoms with Gasteiger partial charge in [-0.3, -0.25) is 4.31 Å². The maximum absolute atomic E-state index is 13.5. The fraction of sp³-hybridized carbons (Fsp3) is 0.400. The Bertz CT molecular complexity index is 1020. The molecule has 0 spiro atoms. The van der Waals surface area contributed by atoms with Crippen molar-refractivity contribution in [2.24, 2.45) is 0 Å². The van der Waals surface area contributed by atoms with Gasteiger partial charge in [0.05, 0.1) is 22.2 Å². The van der Waals surface area contributed by atoms with Crippen LogP contribution in [0.4, 0.5) is 18.9 Å². The molecule has 0 amide bonds. The quantitative estimate of drug-likeness (QED) is 0.751. The second-order valence-corrected chi connectivity index (χ2v) is 9.37. The van der Waals surface area contributed by atoms with Gasteiger partial charge in [-0.2, -0.15) is 13.2 Å². The third-order valence-electron chi connectivity index (χ3n) is 5.63. The van der Waals surface area contributed by atoms with Crippen LogP contribution < -0.4 is 4.31 Å². The number of rotatable bonds is 2. The first kappa shape index (κ1) is 19.3. The molecule has 28 heavy (non-hydrogen) atoms. The third-order valence-corrected chi connectivity index (χ3v) is 7.53. The van der Waals surface area contributed by atoms with Crippen molar-refractivity contribution in [2.75, 3.05) is 24.4 Å². The Morgan fingerprint density at radius 3 is 2.54 bits per heavy atom. The van der Waals surface area contributed by atoms with Gasteiger partial charge in [0.25, 0.3) is 10.0 Å². The van der Waals surface area contributed by atoms with E-state index in [1.807, 2.05) is 20.0 Å². The number of alkyl halides is 3. The molecule has 1 fully saturated rings. The summed E-state index contributed by atoms with van der Waals surface area (Å²) in [5.74, 6) is -0.0542. The van der Waals surface area contributed by atoms with E-state index in [4.69, 9.17) is 0 Å². The van der Waals surface area contributed by atoms with Crippen molar-refractivity contribution >= 4 is 15.7 Å². The molecular weight excluding hydrogens is 389 g/mol. The molecule has 0 bridgehead atoms. The molecule has 0 aromatic heterocycles. The highest BCUT2D eigenvalue weighted by Crippen LogP contribution is 2.48. The molecule has 0 saturated carbocycles. The maximum Gasteiger partial charge on any atom is 0.417 e. The molecular formula is C20H21F3N2O2S. The van der Waals surface area contributed by atoms with Crippen molar-refractivity contribution in [3.8, 4) is 0 Å². The molecule has 2 aromatic rings. The number of piperidine rings is 1. The highest BCUT2D eigenvalue weighted by atomic mass is 32.2. The van der Waals surface area contributed by atoms with Crippen molar-refractivity contribution in [2.45, 2.75) is 36.4 Å². The molecule has 4 rings (SSSR count). The zero-order chi connectivity index (χ0) is 20.3. The van der Waals surface area contributed by atoms with Gasteiger partial charge in [0.1, 0.15) is 0 Å². The molecule has 2 aliphatic rings. The molecule has 0 radical (unpaired) electrons. The molecule has 1 saturated heterocycles. The number of benzene rings is 2. The first-order chi connectivity index (χ1) is 13.1. The highest BCUT2D eigenvalue weighted by molar-refractivity contribution is 7.93. The number of fused-ring (bicyclic) bond motifs is 3. The van der Waals surface area contributed by atoms with Crippen LogP contribution in [0.1, 0.15) is 29.0 Å². The largest absolute Gasteiger partial charge is 0.417 e. The Kier molecular flexibility index (Phi) is 4.46. The number of sulfonamides is 1. The van der Waals surface area contributed by atoms with E-state index in [1.165, 1.54) is 16.4 Å². The second-order valence-electron chi connectivity index (χ2n) is 7.58. The van der Waals surface area contributed by atoms with E-state index in [9.17, 15) is 21.6 Å². The van der Waals surface area contributed by atoms with Crippen molar-refractivity contribution in [1.29, 1.82) is 0 Å². The minimum atomic E-state index is -4.74. The van der Waals surface area contributed by atoms with E-state index in [0.717, 1.165) is 23.3 Å². The van der Waals surface area contributed by atoms with Crippen LogP contribution in [-0.2, 0) is 16.2 Å². The second kappa shape index (κ2) is 6.49. The normalized spacial score (nSPS) is 22.8. The van der Waals surface area contributed by atoms with Gasteiger partial charge in [-0.15, -0.1) is 0 Å². The summed E-state index contributed by atoms with van der Waals surface area (Å²) in [7, 11) is -2.40. The lowest BCUT2D eigenvalue weighted by Crippen LogP contribution is -2.47. The summed E-state index contributed by atoms with van der Waals surface area (Å²) in [6, 6.07) is 9.52.